The summed E-state index contributed by atoms with van der Waals surface area (Å²) in [6, 6.07) is 25.4. The van der Waals surface area contributed by atoms with Gasteiger partial charge in [0.25, 0.3) is 0 Å². The fourth-order valence-corrected chi connectivity index (χ4v) is 3.23. The predicted molar refractivity (Wildman–Crippen MR) is 116 cm³/mol. The van der Waals surface area contributed by atoms with E-state index < -0.39 is 0 Å². The Morgan fingerprint density at radius 3 is 2.55 bits per heavy atom. The molecule has 3 aromatic carbocycles. The maximum absolute atomic E-state index is 12.3. The van der Waals surface area contributed by atoms with Crippen molar-refractivity contribution in [1.82, 2.24) is 10.3 Å². The van der Waals surface area contributed by atoms with Gasteiger partial charge in [-0.15, -0.1) is 0 Å². The van der Waals surface area contributed by atoms with Crippen LogP contribution in [-0.4, -0.2) is 24.0 Å². The van der Waals surface area contributed by atoms with Crippen molar-refractivity contribution in [2.75, 3.05) is 18.4 Å². The van der Waals surface area contributed by atoms with Crippen LogP contribution in [0.15, 0.2) is 85.1 Å². The number of carbonyl (C=O) groups is 1. The van der Waals surface area contributed by atoms with E-state index >= 15 is 0 Å². The maximum Gasteiger partial charge on any atom is 0.239 e. The standard InChI is InChI=1S/C24H23N3O2/c28-24(25-15-14-18-16-26-21-11-5-4-10-20(18)21)17-27-22-12-6-7-13-23(22)29-19-8-2-1-3-9-19/h1-13,16,26-27H,14-15,17H2,(H,25,28). The molecule has 0 atom stereocenters. The smallest absolute Gasteiger partial charge is 0.239 e. The molecule has 0 aliphatic heterocycles. The van der Waals surface area contributed by atoms with Crippen molar-refractivity contribution >= 4 is 22.5 Å². The molecule has 4 aromatic rings. The minimum Gasteiger partial charge on any atom is -0.455 e. The lowest BCUT2D eigenvalue weighted by Gasteiger charge is -2.13. The number of para-hydroxylation sites is 4. The number of nitrogens with one attached hydrogen (secondary N) is 3. The third-order valence-corrected chi connectivity index (χ3v) is 4.69. The summed E-state index contributed by atoms with van der Waals surface area (Å²) < 4.78 is 5.92. The van der Waals surface area contributed by atoms with Crippen molar-refractivity contribution in [2.24, 2.45) is 0 Å². The molecule has 0 saturated carbocycles. The molecule has 5 nitrogen and oxygen atoms in total. The highest BCUT2D eigenvalue weighted by Crippen LogP contribution is 2.28. The van der Waals surface area contributed by atoms with Crippen molar-refractivity contribution in [1.29, 1.82) is 0 Å². The number of ether oxygens (including phenoxy) is 1. The minimum absolute atomic E-state index is 0.0562. The number of fused-ring (bicyclic) bond motifs is 1. The highest BCUT2D eigenvalue weighted by atomic mass is 16.5. The van der Waals surface area contributed by atoms with Crippen molar-refractivity contribution in [3.8, 4) is 11.5 Å². The van der Waals surface area contributed by atoms with Gasteiger partial charge in [0.1, 0.15) is 5.75 Å². The monoisotopic (exact) mass is 385 g/mol. The Bertz CT molecular complexity index is 1090. The van der Waals surface area contributed by atoms with E-state index in [1.165, 1.54) is 10.9 Å². The summed E-state index contributed by atoms with van der Waals surface area (Å²) in [4.78, 5) is 15.5. The van der Waals surface area contributed by atoms with Crippen LogP contribution in [0.25, 0.3) is 10.9 Å². The largest absolute Gasteiger partial charge is 0.455 e. The van der Waals surface area contributed by atoms with Gasteiger partial charge in [-0.25, -0.2) is 0 Å². The van der Waals surface area contributed by atoms with E-state index in [4.69, 9.17) is 4.74 Å². The summed E-state index contributed by atoms with van der Waals surface area (Å²) in [6.07, 6.45) is 2.79. The topological polar surface area (TPSA) is 66.2 Å². The first-order chi connectivity index (χ1) is 14.3. The number of anilines is 1. The molecule has 0 radical (unpaired) electrons. The van der Waals surface area contributed by atoms with Crippen LogP contribution in [0.1, 0.15) is 5.56 Å². The van der Waals surface area contributed by atoms with Gasteiger partial charge in [-0.3, -0.25) is 4.79 Å². The van der Waals surface area contributed by atoms with Crippen LogP contribution in [-0.2, 0) is 11.2 Å². The van der Waals surface area contributed by atoms with Crippen molar-refractivity contribution in [3.63, 3.8) is 0 Å². The van der Waals surface area contributed by atoms with E-state index in [0.717, 1.165) is 23.4 Å². The van der Waals surface area contributed by atoms with Gasteiger partial charge in [0.2, 0.25) is 5.91 Å². The fourth-order valence-electron chi connectivity index (χ4n) is 3.23. The zero-order chi connectivity index (χ0) is 19.9. The molecule has 1 aromatic heterocycles. The van der Waals surface area contributed by atoms with E-state index in [-0.39, 0.29) is 12.5 Å². The SMILES string of the molecule is O=C(CNc1ccccc1Oc1ccccc1)NCCc1c[nH]c2ccccc12. The molecule has 0 spiro atoms. The average Bonchev–Trinajstić information content (AvgIpc) is 3.17. The molecule has 29 heavy (non-hydrogen) atoms. The number of rotatable bonds is 8. The van der Waals surface area contributed by atoms with Crippen LogP contribution < -0.4 is 15.4 Å². The average molecular weight is 385 g/mol. The molecular weight excluding hydrogens is 362 g/mol. The van der Waals surface area contributed by atoms with E-state index in [2.05, 4.69) is 27.8 Å². The van der Waals surface area contributed by atoms with E-state index in [1.54, 1.807) is 0 Å². The van der Waals surface area contributed by atoms with Gasteiger partial charge in [-0.1, -0.05) is 48.5 Å². The van der Waals surface area contributed by atoms with Crippen LogP contribution in [0, 0.1) is 0 Å². The second-order valence-corrected chi connectivity index (χ2v) is 6.72. The second kappa shape index (κ2) is 8.97. The van der Waals surface area contributed by atoms with Gasteiger partial charge in [0.15, 0.2) is 5.75 Å². The summed E-state index contributed by atoms with van der Waals surface area (Å²) in [6.45, 7) is 0.771. The van der Waals surface area contributed by atoms with Gasteiger partial charge in [0, 0.05) is 23.6 Å². The second-order valence-electron chi connectivity index (χ2n) is 6.72. The van der Waals surface area contributed by atoms with E-state index in [0.29, 0.717) is 12.3 Å². The predicted octanol–water partition coefficient (Wildman–Crippen LogP) is 4.73. The molecule has 3 N–H and O–H groups in total. The van der Waals surface area contributed by atoms with Crippen molar-refractivity contribution in [2.45, 2.75) is 6.42 Å². The molecule has 0 aliphatic carbocycles. The quantitative estimate of drug-likeness (QED) is 0.411. The first-order valence-corrected chi connectivity index (χ1v) is 9.67. The normalized spacial score (nSPS) is 10.6. The van der Waals surface area contributed by atoms with Crippen LogP contribution in [0.4, 0.5) is 5.69 Å². The van der Waals surface area contributed by atoms with Crippen LogP contribution >= 0.6 is 0 Å². The number of hydrogen-bond donors (Lipinski definition) is 3. The first-order valence-electron chi connectivity index (χ1n) is 9.67. The van der Waals surface area contributed by atoms with Crippen LogP contribution in [0.5, 0.6) is 11.5 Å². The van der Waals surface area contributed by atoms with Gasteiger partial charge < -0.3 is 20.4 Å². The van der Waals surface area contributed by atoms with Gasteiger partial charge in [0.05, 0.1) is 12.2 Å². The fraction of sp³-hybridized carbons (Fsp3) is 0.125. The third kappa shape index (κ3) is 4.76. The zero-order valence-electron chi connectivity index (χ0n) is 16.0. The number of carbonyl (C=O) groups excluding carboxylic acids is 1. The molecule has 5 heteroatoms. The van der Waals surface area contributed by atoms with Gasteiger partial charge >= 0.3 is 0 Å². The Hall–Kier alpha value is -3.73. The molecule has 146 valence electrons. The van der Waals surface area contributed by atoms with Gasteiger partial charge in [-0.2, -0.15) is 0 Å². The molecular formula is C24H23N3O2. The molecule has 0 bridgehead atoms. The Balaban J connectivity index is 1.29. The molecule has 0 unspecified atom stereocenters. The number of benzene rings is 3. The lowest BCUT2D eigenvalue weighted by molar-refractivity contribution is -0.119. The summed E-state index contributed by atoms with van der Waals surface area (Å²) in [7, 11) is 0. The van der Waals surface area contributed by atoms with Crippen LogP contribution in [0.3, 0.4) is 0 Å². The first kappa shape index (κ1) is 18.6. The van der Waals surface area contributed by atoms with E-state index in [1.807, 2.05) is 72.9 Å². The lowest BCUT2D eigenvalue weighted by Crippen LogP contribution is -2.31. The van der Waals surface area contributed by atoms with Crippen molar-refractivity contribution in [3.05, 3.63) is 90.6 Å². The zero-order valence-corrected chi connectivity index (χ0v) is 16.0. The molecule has 1 heterocycles. The van der Waals surface area contributed by atoms with Crippen LogP contribution in [0.2, 0.25) is 0 Å². The maximum atomic E-state index is 12.3. The highest BCUT2D eigenvalue weighted by Gasteiger charge is 2.07. The number of amides is 1. The number of H-pyrrole nitrogens is 1. The lowest BCUT2D eigenvalue weighted by atomic mass is 10.1. The summed E-state index contributed by atoms with van der Waals surface area (Å²) in [5.41, 5.74) is 3.10. The Morgan fingerprint density at radius 1 is 0.897 bits per heavy atom. The Labute approximate surface area is 169 Å². The number of hydrogen-bond acceptors (Lipinski definition) is 3. The number of aromatic nitrogens is 1. The molecule has 0 fully saturated rings. The van der Waals surface area contributed by atoms with Crippen molar-refractivity contribution < 1.29 is 9.53 Å². The molecule has 4 rings (SSSR count). The van der Waals surface area contributed by atoms with E-state index in [9.17, 15) is 4.79 Å². The summed E-state index contributed by atoms with van der Waals surface area (Å²) in [5.74, 6) is 1.38. The summed E-state index contributed by atoms with van der Waals surface area (Å²) >= 11 is 0. The minimum atomic E-state index is -0.0562. The number of aromatic amines is 1. The molecule has 0 saturated heterocycles. The molecule has 1 amide bonds. The van der Waals surface area contributed by atoms with Gasteiger partial charge in [-0.05, 0) is 42.3 Å². The summed E-state index contributed by atoms with van der Waals surface area (Å²) in [5, 5.41) is 7.33. The Kier molecular flexibility index (Phi) is 5.76. The molecule has 0 aliphatic rings. The highest BCUT2D eigenvalue weighted by molar-refractivity contribution is 5.83. The Morgan fingerprint density at radius 2 is 1.66 bits per heavy atom. The third-order valence-electron chi connectivity index (χ3n) is 4.69.